The number of aromatic nitrogens is 2. The Labute approximate surface area is 199 Å². The third-order valence-corrected chi connectivity index (χ3v) is 5.61. The van der Waals surface area contributed by atoms with Crippen LogP contribution in [0.4, 0.5) is 14.5 Å². The van der Waals surface area contributed by atoms with Gasteiger partial charge >= 0.3 is 0 Å². The SMILES string of the molecule is Cc1cc(C(C)Nc2cccnc2C(=O)NN)c2oc(-c3cccc(C(F)F)n3)c(C)c(=O)c2c1. The van der Waals surface area contributed by atoms with E-state index < -0.39 is 24.1 Å². The third kappa shape index (κ3) is 4.60. The van der Waals surface area contributed by atoms with Gasteiger partial charge in [-0.25, -0.2) is 24.6 Å². The van der Waals surface area contributed by atoms with Gasteiger partial charge in [0.25, 0.3) is 12.3 Å². The molecule has 0 fully saturated rings. The van der Waals surface area contributed by atoms with Crippen LogP contribution in [0.3, 0.4) is 0 Å². The van der Waals surface area contributed by atoms with Crippen molar-refractivity contribution in [3.05, 3.63) is 87.0 Å². The van der Waals surface area contributed by atoms with Crippen LogP contribution in [-0.4, -0.2) is 15.9 Å². The largest absolute Gasteiger partial charge is 0.454 e. The van der Waals surface area contributed by atoms with Gasteiger partial charge in [-0.1, -0.05) is 12.1 Å². The average Bonchev–Trinajstić information content (AvgIpc) is 2.85. The Hall–Kier alpha value is -4.18. The summed E-state index contributed by atoms with van der Waals surface area (Å²) in [6.07, 6.45) is -1.29. The molecule has 35 heavy (non-hydrogen) atoms. The van der Waals surface area contributed by atoms with Gasteiger partial charge in [0.15, 0.2) is 16.9 Å². The molecule has 0 aliphatic heterocycles. The lowest BCUT2D eigenvalue weighted by atomic mass is 9.99. The molecule has 3 aromatic heterocycles. The summed E-state index contributed by atoms with van der Waals surface area (Å²) >= 11 is 0. The van der Waals surface area contributed by atoms with Gasteiger partial charge < -0.3 is 9.73 Å². The first-order valence-corrected chi connectivity index (χ1v) is 10.8. The molecule has 8 nitrogen and oxygen atoms in total. The number of nitrogens with one attached hydrogen (secondary N) is 2. The van der Waals surface area contributed by atoms with Crippen molar-refractivity contribution in [1.82, 2.24) is 15.4 Å². The van der Waals surface area contributed by atoms with Gasteiger partial charge in [0.1, 0.15) is 17.0 Å². The maximum absolute atomic E-state index is 13.3. The summed E-state index contributed by atoms with van der Waals surface area (Å²) in [5.74, 6) is 4.82. The molecule has 0 aliphatic rings. The van der Waals surface area contributed by atoms with Gasteiger partial charge in [0.2, 0.25) is 0 Å². The molecule has 3 heterocycles. The number of amides is 1. The van der Waals surface area contributed by atoms with Crippen LogP contribution in [0.5, 0.6) is 0 Å². The number of aryl methyl sites for hydroxylation is 1. The van der Waals surface area contributed by atoms with Gasteiger partial charge in [-0.3, -0.25) is 15.0 Å². The number of rotatable bonds is 6. The van der Waals surface area contributed by atoms with E-state index in [2.05, 4.69) is 20.7 Å². The van der Waals surface area contributed by atoms with Crippen LogP contribution < -0.4 is 22.0 Å². The van der Waals surface area contributed by atoms with Crippen LogP contribution in [-0.2, 0) is 0 Å². The molecular weight excluding hydrogens is 456 g/mol. The smallest absolute Gasteiger partial charge is 0.285 e. The Morgan fingerprint density at radius 3 is 2.63 bits per heavy atom. The van der Waals surface area contributed by atoms with Crippen molar-refractivity contribution >= 4 is 22.6 Å². The predicted molar refractivity (Wildman–Crippen MR) is 128 cm³/mol. The number of pyridine rings is 2. The minimum atomic E-state index is -2.76. The molecule has 1 aromatic carbocycles. The van der Waals surface area contributed by atoms with Crippen LogP contribution >= 0.6 is 0 Å². The molecule has 4 N–H and O–H groups in total. The van der Waals surface area contributed by atoms with E-state index in [0.29, 0.717) is 22.2 Å². The molecule has 1 unspecified atom stereocenters. The zero-order valence-corrected chi connectivity index (χ0v) is 19.2. The summed E-state index contributed by atoms with van der Waals surface area (Å²) in [7, 11) is 0. The van der Waals surface area contributed by atoms with Crippen molar-refractivity contribution in [2.24, 2.45) is 5.84 Å². The Bertz CT molecular complexity index is 1490. The second-order valence-corrected chi connectivity index (χ2v) is 8.10. The maximum Gasteiger partial charge on any atom is 0.285 e. The standard InChI is InChI=1S/C25H23F2N5O3/c1-12-10-15(14(3)30-17-8-5-9-29-20(17)25(34)32-28)23-16(11-12)21(33)13(2)22(35-23)18-6-4-7-19(31-18)24(26)27/h4-11,14,24,30H,28H2,1-3H3,(H,32,34). The number of fused-ring (bicyclic) bond motifs is 1. The lowest BCUT2D eigenvalue weighted by Crippen LogP contribution is -2.31. The van der Waals surface area contributed by atoms with Crippen molar-refractivity contribution in [3.8, 4) is 11.5 Å². The molecule has 0 aliphatic carbocycles. The molecule has 4 aromatic rings. The molecule has 0 saturated heterocycles. The van der Waals surface area contributed by atoms with Gasteiger partial charge in [-0.05, 0) is 56.7 Å². The van der Waals surface area contributed by atoms with Crippen LogP contribution in [0, 0.1) is 13.8 Å². The fourth-order valence-electron chi connectivity index (χ4n) is 3.92. The molecule has 10 heteroatoms. The number of nitrogens with two attached hydrogens (primary N) is 1. The molecule has 4 rings (SSSR count). The molecule has 0 spiro atoms. The Morgan fingerprint density at radius 2 is 1.91 bits per heavy atom. The van der Waals surface area contributed by atoms with E-state index >= 15 is 0 Å². The van der Waals surface area contributed by atoms with Crippen LogP contribution in [0.25, 0.3) is 22.4 Å². The van der Waals surface area contributed by atoms with Crippen molar-refractivity contribution in [1.29, 1.82) is 0 Å². The summed E-state index contributed by atoms with van der Waals surface area (Å²) in [6, 6.07) is 10.7. The van der Waals surface area contributed by atoms with E-state index in [0.717, 1.165) is 5.56 Å². The number of alkyl halides is 2. The van der Waals surface area contributed by atoms with Crippen molar-refractivity contribution in [2.45, 2.75) is 33.2 Å². The van der Waals surface area contributed by atoms with Crippen LogP contribution in [0.1, 0.15) is 52.3 Å². The highest BCUT2D eigenvalue weighted by Gasteiger charge is 2.21. The summed E-state index contributed by atoms with van der Waals surface area (Å²) in [4.78, 5) is 33.5. The molecule has 0 bridgehead atoms. The maximum atomic E-state index is 13.3. The average molecular weight is 479 g/mol. The van der Waals surface area contributed by atoms with E-state index in [-0.39, 0.29) is 28.1 Å². The first kappa shape index (κ1) is 24.0. The lowest BCUT2D eigenvalue weighted by Gasteiger charge is -2.20. The van der Waals surface area contributed by atoms with E-state index in [1.165, 1.54) is 24.4 Å². The molecule has 1 amide bonds. The second kappa shape index (κ2) is 9.59. The fourth-order valence-corrected chi connectivity index (χ4v) is 3.92. The predicted octanol–water partition coefficient (Wildman–Crippen LogP) is 4.58. The minimum Gasteiger partial charge on any atom is -0.454 e. The number of nitrogens with zero attached hydrogens (tertiary/aromatic N) is 2. The Kier molecular flexibility index (Phi) is 6.57. The molecule has 0 saturated carbocycles. The first-order chi connectivity index (χ1) is 16.7. The topological polar surface area (TPSA) is 123 Å². The van der Waals surface area contributed by atoms with E-state index in [1.54, 1.807) is 25.1 Å². The number of nitrogen functional groups attached to an aromatic ring is 1. The van der Waals surface area contributed by atoms with E-state index in [4.69, 9.17) is 10.3 Å². The number of carbonyl (C=O) groups is 1. The highest BCUT2D eigenvalue weighted by atomic mass is 19.3. The second-order valence-electron chi connectivity index (χ2n) is 8.10. The summed E-state index contributed by atoms with van der Waals surface area (Å²) in [6.45, 7) is 5.26. The van der Waals surface area contributed by atoms with Crippen molar-refractivity contribution < 1.29 is 18.0 Å². The quantitative estimate of drug-likeness (QED) is 0.210. The molecule has 0 radical (unpaired) electrons. The summed E-state index contributed by atoms with van der Waals surface area (Å²) < 4.78 is 32.6. The van der Waals surface area contributed by atoms with Crippen molar-refractivity contribution in [2.75, 3.05) is 5.32 Å². The van der Waals surface area contributed by atoms with Gasteiger partial charge in [0, 0.05) is 17.3 Å². The molecular formula is C25H23F2N5O3. The Morgan fingerprint density at radius 1 is 1.14 bits per heavy atom. The van der Waals surface area contributed by atoms with Crippen molar-refractivity contribution in [3.63, 3.8) is 0 Å². The lowest BCUT2D eigenvalue weighted by molar-refractivity contribution is 0.0949. The number of hydrazine groups is 1. The number of hydrogen-bond acceptors (Lipinski definition) is 7. The van der Waals surface area contributed by atoms with Gasteiger partial charge in [-0.15, -0.1) is 0 Å². The monoisotopic (exact) mass is 479 g/mol. The number of anilines is 1. The summed E-state index contributed by atoms with van der Waals surface area (Å²) in [5, 5.41) is 3.58. The summed E-state index contributed by atoms with van der Waals surface area (Å²) in [5.41, 5.74) is 4.05. The van der Waals surface area contributed by atoms with E-state index in [9.17, 15) is 18.4 Å². The number of hydrogen-bond donors (Lipinski definition) is 3. The highest BCUT2D eigenvalue weighted by molar-refractivity contribution is 5.97. The van der Waals surface area contributed by atoms with Crippen LogP contribution in [0.15, 0.2) is 57.9 Å². The number of halogens is 2. The molecule has 1 atom stereocenters. The molecule has 180 valence electrons. The van der Waals surface area contributed by atoms with Gasteiger partial charge in [0.05, 0.1) is 17.1 Å². The fraction of sp³-hybridized carbons (Fsp3) is 0.200. The minimum absolute atomic E-state index is 0.102. The first-order valence-electron chi connectivity index (χ1n) is 10.8. The van der Waals surface area contributed by atoms with E-state index in [1.807, 2.05) is 19.9 Å². The van der Waals surface area contributed by atoms with Crippen LogP contribution in [0.2, 0.25) is 0 Å². The number of benzene rings is 1. The Balaban J connectivity index is 1.87. The normalized spacial score (nSPS) is 12.1. The van der Waals surface area contributed by atoms with Gasteiger partial charge in [-0.2, -0.15) is 0 Å². The zero-order valence-electron chi connectivity index (χ0n) is 19.2. The highest BCUT2D eigenvalue weighted by Crippen LogP contribution is 2.32. The number of carbonyl (C=O) groups excluding carboxylic acids is 1. The third-order valence-electron chi connectivity index (χ3n) is 5.61. The zero-order chi connectivity index (χ0) is 25.3.